The fourth-order valence-corrected chi connectivity index (χ4v) is 6.30. The molecule has 1 heterocycles. The van der Waals surface area contributed by atoms with Gasteiger partial charge in [-0.3, -0.25) is 4.98 Å². The number of methoxy groups -OCH3 is 1. The number of aromatic nitrogens is 1. The minimum Gasteiger partial charge on any atom is -0.496 e. The Morgan fingerprint density at radius 2 is 2.00 bits per heavy atom. The van der Waals surface area contributed by atoms with Crippen molar-refractivity contribution in [1.29, 1.82) is 0 Å². The van der Waals surface area contributed by atoms with E-state index in [-0.39, 0.29) is 0 Å². The summed E-state index contributed by atoms with van der Waals surface area (Å²) in [7, 11) is 2.64. The SMILES string of the molecule is COc1c(C)cc(PC2CCCC2[C@H](C)NCc2ccccn2)cc1C. The van der Waals surface area contributed by atoms with Crippen LogP contribution in [0.4, 0.5) is 0 Å². The van der Waals surface area contributed by atoms with Gasteiger partial charge in [-0.2, -0.15) is 0 Å². The zero-order chi connectivity index (χ0) is 18.5. The molecule has 1 aromatic heterocycles. The van der Waals surface area contributed by atoms with Crippen molar-refractivity contribution >= 4 is 13.9 Å². The van der Waals surface area contributed by atoms with Crippen molar-refractivity contribution in [2.45, 2.75) is 58.3 Å². The summed E-state index contributed by atoms with van der Waals surface area (Å²) in [5.41, 5.74) is 4.42. The zero-order valence-corrected chi connectivity index (χ0v) is 17.4. The number of nitrogens with one attached hydrogen (secondary N) is 1. The Labute approximate surface area is 159 Å². The van der Waals surface area contributed by atoms with Gasteiger partial charge in [-0.15, -0.1) is 0 Å². The van der Waals surface area contributed by atoms with Crippen molar-refractivity contribution in [2.24, 2.45) is 5.92 Å². The molecular formula is C22H31N2OP. The third-order valence-electron chi connectivity index (χ3n) is 5.56. The molecule has 3 unspecified atom stereocenters. The molecule has 4 atom stereocenters. The topological polar surface area (TPSA) is 34.1 Å². The number of rotatable bonds is 7. The van der Waals surface area contributed by atoms with E-state index in [4.69, 9.17) is 4.74 Å². The first kappa shape index (κ1) is 19.3. The van der Waals surface area contributed by atoms with Gasteiger partial charge in [0.2, 0.25) is 0 Å². The van der Waals surface area contributed by atoms with Gasteiger partial charge < -0.3 is 10.1 Å². The van der Waals surface area contributed by atoms with E-state index in [1.807, 2.05) is 12.3 Å². The third kappa shape index (κ3) is 4.64. The van der Waals surface area contributed by atoms with E-state index in [0.29, 0.717) is 6.04 Å². The Balaban J connectivity index is 1.62. The highest BCUT2D eigenvalue weighted by Crippen LogP contribution is 2.41. The van der Waals surface area contributed by atoms with Gasteiger partial charge in [0.15, 0.2) is 0 Å². The van der Waals surface area contributed by atoms with E-state index in [1.165, 1.54) is 35.7 Å². The quantitative estimate of drug-likeness (QED) is 0.736. The standard InChI is InChI=1S/C22H31N2OP/c1-15-12-19(13-16(2)22(15)25-4)26-21-10-7-9-20(21)17(3)24-14-18-8-5-6-11-23-18/h5-6,8,11-13,17,20-21,24,26H,7,9-10,14H2,1-4H3/t17-,20?,21?/m0/s1. The van der Waals surface area contributed by atoms with Gasteiger partial charge in [0, 0.05) is 18.8 Å². The molecule has 0 bridgehead atoms. The molecule has 1 saturated carbocycles. The molecule has 1 N–H and O–H groups in total. The Hall–Kier alpha value is -1.44. The maximum Gasteiger partial charge on any atom is 0.124 e. The summed E-state index contributed by atoms with van der Waals surface area (Å²) in [5, 5.41) is 5.20. The molecule has 4 heteroatoms. The molecule has 1 aliphatic rings. The van der Waals surface area contributed by atoms with Crippen LogP contribution in [0.1, 0.15) is 43.0 Å². The van der Waals surface area contributed by atoms with E-state index in [0.717, 1.165) is 38.1 Å². The molecule has 26 heavy (non-hydrogen) atoms. The van der Waals surface area contributed by atoms with Crippen LogP contribution in [-0.4, -0.2) is 23.8 Å². The molecule has 1 aromatic carbocycles. The number of aryl methyl sites for hydroxylation is 2. The lowest BCUT2D eigenvalue weighted by atomic mass is 9.99. The van der Waals surface area contributed by atoms with Crippen molar-refractivity contribution in [3.8, 4) is 5.75 Å². The summed E-state index contributed by atoms with van der Waals surface area (Å²) >= 11 is 0. The molecular weight excluding hydrogens is 339 g/mol. The van der Waals surface area contributed by atoms with Crippen molar-refractivity contribution in [1.82, 2.24) is 10.3 Å². The zero-order valence-electron chi connectivity index (χ0n) is 16.4. The molecule has 3 rings (SSSR count). The second-order valence-electron chi connectivity index (χ2n) is 7.48. The molecule has 0 radical (unpaired) electrons. The molecule has 0 spiro atoms. The smallest absolute Gasteiger partial charge is 0.124 e. The normalized spacial score (nSPS) is 21.4. The number of hydrogen-bond donors (Lipinski definition) is 1. The maximum absolute atomic E-state index is 5.52. The van der Waals surface area contributed by atoms with Gasteiger partial charge in [0.1, 0.15) is 5.75 Å². The van der Waals surface area contributed by atoms with Gasteiger partial charge in [0.05, 0.1) is 12.8 Å². The van der Waals surface area contributed by atoms with Crippen LogP contribution in [0.3, 0.4) is 0 Å². The predicted octanol–water partition coefficient (Wildman–Crippen LogP) is 4.36. The van der Waals surface area contributed by atoms with Crippen LogP contribution in [0, 0.1) is 19.8 Å². The van der Waals surface area contributed by atoms with Crippen molar-refractivity contribution in [3.63, 3.8) is 0 Å². The Morgan fingerprint density at radius 3 is 2.65 bits per heavy atom. The van der Waals surface area contributed by atoms with E-state index < -0.39 is 0 Å². The van der Waals surface area contributed by atoms with Crippen LogP contribution >= 0.6 is 8.58 Å². The van der Waals surface area contributed by atoms with Crippen molar-refractivity contribution in [2.75, 3.05) is 7.11 Å². The number of pyridine rings is 1. The first-order valence-corrected chi connectivity index (χ1v) is 10.7. The van der Waals surface area contributed by atoms with E-state index >= 15 is 0 Å². The minimum atomic E-state index is 0.525. The molecule has 2 aromatic rings. The van der Waals surface area contributed by atoms with Crippen LogP contribution in [0.5, 0.6) is 5.75 Å². The third-order valence-corrected chi connectivity index (χ3v) is 7.27. The van der Waals surface area contributed by atoms with Gasteiger partial charge in [-0.25, -0.2) is 0 Å². The highest BCUT2D eigenvalue weighted by molar-refractivity contribution is 7.48. The van der Waals surface area contributed by atoms with Crippen molar-refractivity contribution in [3.05, 3.63) is 53.3 Å². The van der Waals surface area contributed by atoms with Gasteiger partial charge >= 0.3 is 0 Å². The van der Waals surface area contributed by atoms with Crippen LogP contribution < -0.4 is 15.4 Å². The molecule has 0 amide bonds. The average molecular weight is 370 g/mol. The number of ether oxygens (including phenoxy) is 1. The summed E-state index contributed by atoms with van der Waals surface area (Å²) < 4.78 is 5.52. The van der Waals surface area contributed by atoms with Crippen molar-refractivity contribution < 1.29 is 4.74 Å². The summed E-state index contributed by atoms with van der Waals surface area (Å²) in [5.74, 6) is 1.78. The molecule has 140 valence electrons. The lowest BCUT2D eigenvalue weighted by Gasteiger charge is -2.27. The highest BCUT2D eigenvalue weighted by atomic mass is 31.1. The summed E-state index contributed by atoms with van der Waals surface area (Å²) in [6, 6.07) is 11.3. The maximum atomic E-state index is 5.52. The molecule has 3 nitrogen and oxygen atoms in total. The summed E-state index contributed by atoms with van der Waals surface area (Å²) in [6.45, 7) is 7.52. The van der Waals surface area contributed by atoms with Crippen LogP contribution in [0.2, 0.25) is 0 Å². The molecule has 0 aliphatic heterocycles. The largest absolute Gasteiger partial charge is 0.496 e. The first-order chi connectivity index (χ1) is 12.6. The number of benzene rings is 1. The van der Waals surface area contributed by atoms with E-state index in [2.05, 4.69) is 55.3 Å². The van der Waals surface area contributed by atoms with Crippen LogP contribution in [0.25, 0.3) is 0 Å². The second-order valence-corrected chi connectivity index (χ2v) is 9.09. The van der Waals surface area contributed by atoms with Crippen LogP contribution in [-0.2, 0) is 6.54 Å². The van der Waals surface area contributed by atoms with Gasteiger partial charge in [-0.1, -0.05) is 21.1 Å². The lowest BCUT2D eigenvalue weighted by molar-refractivity contribution is 0.384. The predicted molar refractivity (Wildman–Crippen MR) is 112 cm³/mol. The number of nitrogens with zero attached hydrogens (tertiary/aromatic N) is 1. The fraction of sp³-hybridized carbons (Fsp3) is 0.500. The van der Waals surface area contributed by atoms with Gasteiger partial charge in [-0.05, 0) is 85.9 Å². The fourth-order valence-electron chi connectivity index (χ4n) is 4.26. The van der Waals surface area contributed by atoms with E-state index in [1.54, 1.807) is 7.11 Å². The summed E-state index contributed by atoms with van der Waals surface area (Å²) in [4.78, 5) is 4.43. The van der Waals surface area contributed by atoms with E-state index in [9.17, 15) is 0 Å². The monoisotopic (exact) mass is 370 g/mol. The average Bonchev–Trinajstić information content (AvgIpc) is 3.08. The molecule has 1 aliphatic carbocycles. The highest BCUT2D eigenvalue weighted by Gasteiger charge is 2.31. The summed E-state index contributed by atoms with van der Waals surface area (Å²) in [6.07, 6.45) is 5.91. The first-order valence-electron chi connectivity index (χ1n) is 9.63. The molecule has 1 fully saturated rings. The Bertz CT molecular complexity index is 696. The Kier molecular flexibility index (Phi) is 6.67. The van der Waals surface area contributed by atoms with Gasteiger partial charge in [0.25, 0.3) is 0 Å². The number of hydrogen-bond acceptors (Lipinski definition) is 3. The Morgan fingerprint density at radius 1 is 1.23 bits per heavy atom. The minimum absolute atomic E-state index is 0.525. The second kappa shape index (κ2) is 8.97. The lowest BCUT2D eigenvalue weighted by Crippen LogP contribution is -2.36. The molecule has 0 saturated heterocycles. The van der Waals surface area contributed by atoms with Crippen LogP contribution in [0.15, 0.2) is 36.5 Å².